The van der Waals surface area contributed by atoms with Crippen molar-refractivity contribution in [1.82, 2.24) is 15.6 Å². The molecule has 0 bridgehead atoms. The molecule has 25 heavy (non-hydrogen) atoms. The Morgan fingerprint density at radius 2 is 1.92 bits per heavy atom. The van der Waals surface area contributed by atoms with Crippen molar-refractivity contribution in [2.75, 3.05) is 13.1 Å². The Balaban J connectivity index is 1.59. The molecule has 1 fully saturated rings. The van der Waals surface area contributed by atoms with Crippen LogP contribution in [0.4, 0.5) is 13.2 Å². The number of hydrogen-bond acceptors (Lipinski definition) is 4. The summed E-state index contributed by atoms with van der Waals surface area (Å²) >= 11 is 1.35. The Bertz CT molecular complexity index is 721. The van der Waals surface area contributed by atoms with Gasteiger partial charge in [-0.2, -0.15) is 13.2 Å². The summed E-state index contributed by atoms with van der Waals surface area (Å²) in [4.78, 5) is 16.5. The third-order valence-electron chi connectivity index (χ3n) is 4.16. The second-order valence-corrected chi connectivity index (χ2v) is 6.82. The number of halogens is 3. The van der Waals surface area contributed by atoms with Crippen LogP contribution in [-0.2, 0) is 17.5 Å². The van der Waals surface area contributed by atoms with E-state index in [1.54, 1.807) is 0 Å². The van der Waals surface area contributed by atoms with Crippen molar-refractivity contribution in [2.24, 2.45) is 5.92 Å². The molecule has 2 N–H and O–H groups in total. The number of alkyl halides is 3. The van der Waals surface area contributed by atoms with Crippen molar-refractivity contribution in [3.8, 4) is 10.6 Å². The number of hydrogen-bond donors (Lipinski definition) is 2. The summed E-state index contributed by atoms with van der Waals surface area (Å²) in [5.74, 6) is 0.0693. The van der Waals surface area contributed by atoms with Crippen molar-refractivity contribution in [3.63, 3.8) is 0 Å². The van der Waals surface area contributed by atoms with Gasteiger partial charge >= 0.3 is 6.18 Å². The number of benzene rings is 1. The zero-order valence-corrected chi connectivity index (χ0v) is 14.2. The molecule has 1 aromatic carbocycles. The fourth-order valence-electron chi connectivity index (χ4n) is 2.73. The number of carbonyl (C=O) groups is 1. The van der Waals surface area contributed by atoms with Crippen LogP contribution in [0.1, 0.15) is 24.1 Å². The molecule has 0 spiro atoms. The standard InChI is InChI=1S/C17H18F3N3OS/c18-17(19,20)13-3-1-12(2-4-13)16-23-14(10-25-16)9-22-15(24)11-5-7-21-8-6-11/h1-4,10-11,21H,5-9H2,(H,22,24). The summed E-state index contributed by atoms with van der Waals surface area (Å²) in [7, 11) is 0. The van der Waals surface area contributed by atoms with Gasteiger partial charge in [0, 0.05) is 16.9 Å². The highest BCUT2D eigenvalue weighted by molar-refractivity contribution is 7.13. The van der Waals surface area contributed by atoms with Crippen molar-refractivity contribution < 1.29 is 18.0 Å². The zero-order chi connectivity index (χ0) is 17.9. The van der Waals surface area contributed by atoms with Crippen LogP contribution in [-0.4, -0.2) is 24.0 Å². The molecule has 134 valence electrons. The van der Waals surface area contributed by atoms with E-state index in [1.807, 2.05) is 5.38 Å². The quantitative estimate of drug-likeness (QED) is 0.868. The highest BCUT2D eigenvalue weighted by Gasteiger charge is 2.30. The number of carbonyl (C=O) groups excluding carboxylic acids is 1. The zero-order valence-electron chi connectivity index (χ0n) is 13.4. The molecule has 1 aliphatic heterocycles. The van der Waals surface area contributed by atoms with Gasteiger partial charge in [0.05, 0.1) is 17.8 Å². The Kier molecular flexibility index (Phi) is 5.39. The van der Waals surface area contributed by atoms with Crippen LogP contribution >= 0.6 is 11.3 Å². The topological polar surface area (TPSA) is 54.0 Å². The molecular weight excluding hydrogens is 351 g/mol. The van der Waals surface area contributed by atoms with E-state index in [0.717, 1.165) is 38.1 Å². The lowest BCUT2D eigenvalue weighted by Gasteiger charge is -2.21. The van der Waals surface area contributed by atoms with Crippen molar-refractivity contribution >= 4 is 17.2 Å². The largest absolute Gasteiger partial charge is 0.416 e. The minimum Gasteiger partial charge on any atom is -0.350 e. The van der Waals surface area contributed by atoms with Gasteiger partial charge in [-0.15, -0.1) is 11.3 Å². The van der Waals surface area contributed by atoms with Gasteiger partial charge in [0.2, 0.25) is 5.91 Å². The van der Waals surface area contributed by atoms with Crippen LogP contribution < -0.4 is 10.6 Å². The molecule has 1 amide bonds. The van der Waals surface area contributed by atoms with Gasteiger partial charge in [-0.25, -0.2) is 4.98 Å². The Labute approximate surface area is 147 Å². The van der Waals surface area contributed by atoms with Crippen molar-refractivity contribution in [2.45, 2.75) is 25.6 Å². The van der Waals surface area contributed by atoms with E-state index in [4.69, 9.17) is 0 Å². The van der Waals surface area contributed by atoms with E-state index in [0.29, 0.717) is 22.8 Å². The molecule has 1 saturated heterocycles. The highest BCUT2D eigenvalue weighted by atomic mass is 32.1. The fourth-order valence-corrected chi connectivity index (χ4v) is 3.55. The van der Waals surface area contributed by atoms with Crippen LogP contribution in [0.25, 0.3) is 10.6 Å². The molecule has 3 rings (SSSR count). The average Bonchev–Trinajstić information content (AvgIpc) is 3.09. The second kappa shape index (κ2) is 7.53. The van der Waals surface area contributed by atoms with Crippen LogP contribution in [0.15, 0.2) is 29.6 Å². The Hall–Kier alpha value is -1.93. The molecule has 0 radical (unpaired) electrons. The number of thiazole rings is 1. The molecule has 0 unspecified atom stereocenters. The Morgan fingerprint density at radius 3 is 2.56 bits per heavy atom. The molecule has 2 aromatic rings. The second-order valence-electron chi connectivity index (χ2n) is 5.96. The van der Waals surface area contributed by atoms with Crippen LogP contribution in [0.3, 0.4) is 0 Å². The van der Waals surface area contributed by atoms with Gasteiger partial charge in [0.1, 0.15) is 5.01 Å². The van der Waals surface area contributed by atoms with Crippen LogP contribution in [0, 0.1) is 5.92 Å². The molecule has 4 nitrogen and oxygen atoms in total. The number of piperidine rings is 1. The van der Waals surface area contributed by atoms with Gasteiger partial charge in [0.15, 0.2) is 0 Å². The summed E-state index contributed by atoms with van der Waals surface area (Å²) in [6.07, 6.45) is -2.68. The number of rotatable bonds is 4. The average molecular weight is 369 g/mol. The summed E-state index contributed by atoms with van der Waals surface area (Å²) in [6.45, 7) is 2.04. The maximum Gasteiger partial charge on any atom is 0.416 e. The molecule has 2 heterocycles. The fraction of sp³-hybridized carbons (Fsp3) is 0.412. The lowest BCUT2D eigenvalue weighted by Crippen LogP contribution is -2.37. The predicted octanol–water partition coefficient (Wildman–Crippen LogP) is 3.44. The third kappa shape index (κ3) is 4.58. The highest BCUT2D eigenvalue weighted by Crippen LogP contribution is 2.31. The van der Waals surface area contributed by atoms with E-state index >= 15 is 0 Å². The SMILES string of the molecule is O=C(NCc1csc(-c2ccc(C(F)(F)F)cc2)n1)C1CCNCC1. The first kappa shape index (κ1) is 17.9. The van der Waals surface area contributed by atoms with E-state index in [-0.39, 0.29) is 11.8 Å². The third-order valence-corrected chi connectivity index (χ3v) is 5.10. The minimum atomic E-state index is -4.34. The minimum absolute atomic E-state index is 0.0329. The normalized spacial score (nSPS) is 16.0. The molecule has 0 atom stereocenters. The maximum atomic E-state index is 12.6. The molecule has 1 aliphatic rings. The van der Waals surface area contributed by atoms with Crippen molar-refractivity contribution in [3.05, 3.63) is 40.9 Å². The molecule has 0 aliphatic carbocycles. The van der Waals surface area contributed by atoms with Gasteiger partial charge in [-0.3, -0.25) is 4.79 Å². The van der Waals surface area contributed by atoms with Crippen LogP contribution in [0.5, 0.6) is 0 Å². The van der Waals surface area contributed by atoms with Gasteiger partial charge in [-0.1, -0.05) is 12.1 Å². The van der Waals surface area contributed by atoms with E-state index < -0.39 is 11.7 Å². The lowest BCUT2D eigenvalue weighted by molar-refractivity contribution is -0.137. The number of nitrogens with zero attached hydrogens (tertiary/aromatic N) is 1. The monoisotopic (exact) mass is 369 g/mol. The Morgan fingerprint density at radius 1 is 1.24 bits per heavy atom. The first-order chi connectivity index (χ1) is 11.9. The number of nitrogens with one attached hydrogen (secondary N) is 2. The van der Waals surface area contributed by atoms with Gasteiger partial charge < -0.3 is 10.6 Å². The van der Waals surface area contributed by atoms with Gasteiger partial charge in [-0.05, 0) is 38.1 Å². The van der Waals surface area contributed by atoms with Crippen LogP contribution in [0.2, 0.25) is 0 Å². The van der Waals surface area contributed by atoms with E-state index in [1.165, 1.54) is 23.5 Å². The molecule has 1 aromatic heterocycles. The lowest BCUT2D eigenvalue weighted by atomic mass is 9.97. The van der Waals surface area contributed by atoms with E-state index in [9.17, 15) is 18.0 Å². The summed E-state index contributed by atoms with van der Waals surface area (Å²) < 4.78 is 37.8. The van der Waals surface area contributed by atoms with E-state index in [2.05, 4.69) is 15.6 Å². The van der Waals surface area contributed by atoms with Crippen molar-refractivity contribution in [1.29, 1.82) is 0 Å². The smallest absolute Gasteiger partial charge is 0.350 e. The maximum absolute atomic E-state index is 12.6. The number of amides is 1. The summed E-state index contributed by atoms with van der Waals surface area (Å²) in [5.41, 5.74) is 0.665. The van der Waals surface area contributed by atoms with Gasteiger partial charge in [0.25, 0.3) is 0 Å². The number of aromatic nitrogens is 1. The summed E-state index contributed by atoms with van der Waals surface area (Å²) in [6, 6.07) is 4.93. The first-order valence-electron chi connectivity index (χ1n) is 8.04. The first-order valence-corrected chi connectivity index (χ1v) is 8.92. The molecule has 8 heteroatoms. The predicted molar refractivity (Wildman–Crippen MR) is 90.0 cm³/mol. The summed E-state index contributed by atoms with van der Waals surface area (Å²) in [5, 5.41) is 8.56. The molecule has 0 saturated carbocycles. The molecular formula is C17H18F3N3OS.